The Hall–Kier alpha value is -2.70. The van der Waals surface area contributed by atoms with Gasteiger partial charge in [-0.2, -0.15) is 0 Å². The zero-order chi connectivity index (χ0) is 15.7. The fourth-order valence-electron chi connectivity index (χ4n) is 2.86. The fourth-order valence-corrected chi connectivity index (χ4v) is 2.86. The van der Waals surface area contributed by atoms with Gasteiger partial charge in [0.05, 0.1) is 10.3 Å². The molecule has 1 saturated heterocycles. The Morgan fingerprint density at radius 2 is 1.91 bits per heavy atom. The van der Waals surface area contributed by atoms with Crippen LogP contribution in [0.5, 0.6) is 0 Å². The summed E-state index contributed by atoms with van der Waals surface area (Å²) in [5, 5.41) is 12.5. The minimum atomic E-state index is -0.387. The lowest BCUT2D eigenvalue weighted by Gasteiger charge is -2.36. The molecule has 1 aromatic heterocycles. The number of benzene rings is 1. The van der Waals surface area contributed by atoms with E-state index >= 15 is 0 Å². The molecule has 1 fully saturated rings. The van der Waals surface area contributed by atoms with E-state index in [2.05, 4.69) is 9.88 Å². The van der Waals surface area contributed by atoms with Crippen molar-refractivity contribution in [2.45, 2.75) is 6.92 Å². The third kappa shape index (κ3) is 2.45. The summed E-state index contributed by atoms with van der Waals surface area (Å²) < 4.78 is 0. The summed E-state index contributed by atoms with van der Waals surface area (Å²) in [6.45, 7) is 4.34. The molecule has 0 unspecified atom stereocenters. The average molecular weight is 300 g/mol. The van der Waals surface area contributed by atoms with Crippen LogP contribution in [0.2, 0.25) is 0 Å². The Morgan fingerprint density at radius 3 is 2.55 bits per heavy atom. The summed E-state index contributed by atoms with van der Waals surface area (Å²) >= 11 is 0. The highest BCUT2D eigenvalue weighted by molar-refractivity contribution is 5.99. The van der Waals surface area contributed by atoms with Crippen LogP contribution in [0.15, 0.2) is 30.6 Å². The normalized spacial score (nSPS) is 15.1. The van der Waals surface area contributed by atoms with Crippen LogP contribution in [0.3, 0.4) is 0 Å². The molecule has 22 heavy (non-hydrogen) atoms. The Kier molecular flexibility index (Phi) is 3.62. The number of carbonyl (C=O) groups is 1. The highest BCUT2D eigenvalue weighted by Gasteiger charge is 2.22. The van der Waals surface area contributed by atoms with E-state index in [-0.39, 0.29) is 16.5 Å². The number of rotatable bonds is 2. The molecule has 7 nitrogen and oxygen atoms in total. The predicted octanol–water partition coefficient (Wildman–Crippen LogP) is 1.81. The van der Waals surface area contributed by atoms with Crippen LogP contribution in [0.25, 0.3) is 10.8 Å². The largest absolute Gasteiger partial charge is 0.367 e. The molecule has 0 aliphatic carbocycles. The van der Waals surface area contributed by atoms with E-state index in [1.54, 1.807) is 25.3 Å². The number of piperazine rings is 1. The Morgan fingerprint density at radius 1 is 1.18 bits per heavy atom. The van der Waals surface area contributed by atoms with Crippen LogP contribution in [-0.2, 0) is 4.79 Å². The molecule has 0 spiro atoms. The zero-order valence-corrected chi connectivity index (χ0v) is 12.2. The first kappa shape index (κ1) is 14.2. The molecule has 0 saturated carbocycles. The molecule has 1 aromatic carbocycles. The van der Waals surface area contributed by atoms with Crippen LogP contribution in [0, 0.1) is 10.1 Å². The molecule has 3 rings (SSSR count). The molecule has 0 atom stereocenters. The average Bonchev–Trinajstić information content (AvgIpc) is 2.53. The molecule has 0 radical (unpaired) electrons. The van der Waals surface area contributed by atoms with Crippen molar-refractivity contribution in [3.05, 3.63) is 40.7 Å². The number of fused-ring (bicyclic) bond motifs is 1. The lowest BCUT2D eigenvalue weighted by atomic mass is 10.1. The number of aromatic nitrogens is 1. The molecule has 7 heteroatoms. The van der Waals surface area contributed by atoms with Gasteiger partial charge in [0.15, 0.2) is 0 Å². The third-order valence-corrected chi connectivity index (χ3v) is 4.03. The first-order valence-electron chi connectivity index (χ1n) is 7.09. The molecule has 1 amide bonds. The highest BCUT2D eigenvalue weighted by Crippen LogP contribution is 2.33. The lowest BCUT2D eigenvalue weighted by Crippen LogP contribution is -2.48. The van der Waals surface area contributed by atoms with Crippen LogP contribution in [-0.4, -0.2) is 46.9 Å². The van der Waals surface area contributed by atoms with Crippen LogP contribution in [0.1, 0.15) is 6.92 Å². The van der Waals surface area contributed by atoms with Crippen molar-refractivity contribution in [3.8, 4) is 0 Å². The SMILES string of the molecule is CC(=O)N1CCN(c2ccc([N+](=O)[O-])c3cnccc23)CC1. The number of anilines is 1. The second-order valence-corrected chi connectivity index (χ2v) is 5.28. The van der Waals surface area contributed by atoms with Crippen LogP contribution >= 0.6 is 0 Å². The van der Waals surface area contributed by atoms with E-state index in [9.17, 15) is 14.9 Å². The second kappa shape index (κ2) is 5.59. The summed E-state index contributed by atoms with van der Waals surface area (Å²) in [5.74, 6) is 0.0809. The summed E-state index contributed by atoms with van der Waals surface area (Å²) in [7, 11) is 0. The number of amides is 1. The summed E-state index contributed by atoms with van der Waals surface area (Å²) in [5.41, 5.74) is 1.01. The van der Waals surface area contributed by atoms with Gasteiger partial charge in [0, 0.05) is 62.6 Å². The number of carbonyl (C=O) groups excluding carboxylic acids is 1. The first-order valence-corrected chi connectivity index (χ1v) is 7.09. The number of nitro benzene ring substituents is 1. The monoisotopic (exact) mass is 300 g/mol. The van der Waals surface area contributed by atoms with Gasteiger partial charge in [-0.15, -0.1) is 0 Å². The zero-order valence-electron chi connectivity index (χ0n) is 12.2. The number of non-ortho nitro benzene ring substituents is 1. The number of nitro groups is 1. The molecule has 0 N–H and O–H groups in total. The van der Waals surface area contributed by atoms with Gasteiger partial charge in [-0.1, -0.05) is 0 Å². The fraction of sp³-hybridized carbons (Fsp3) is 0.333. The van der Waals surface area contributed by atoms with E-state index in [0.717, 1.165) is 24.2 Å². The van der Waals surface area contributed by atoms with Crippen molar-refractivity contribution in [1.29, 1.82) is 0 Å². The van der Waals surface area contributed by atoms with E-state index in [4.69, 9.17) is 0 Å². The lowest BCUT2D eigenvalue weighted by molar-refractivity contribution is -0.383. The standard InChI is InChI=1S/C15H16N4O3/c1-11(20)17-6-8-18(9-7-17)14-2-3-15(19(21)22)13-10-16-5-4-12(13)14/h2-5,10H,6-9H2,1H3. The summed E-state index contributed by atoms with van der Waals surface area (Å²) in [6.07, 6.45) is 3.17. The Bertz CT molecular complexity index is 739. The van der Waals surface area contributed by atoms with Gasteiger partial charge in [0.2, 0.25) is 5.91 Å². The second-order valence-electron chi connectivity index (χ2n) is 5.28. The smallest absolute Gasteiger partial charge is 0.278 e. The van der Waals surface area contributed by atoms with E-state index < -0.39 is 0 Å². The molecule has 1 aliphatic rings. The van der Waals surface area contributed by atoms with Crippen molar-refractivity contribution in [1.82, 2.24) is 9.88 Å². The minimum Gasteiger partial charge on any atom is -0.367 e. The topological polar surface area (TPSA) is 79.6 Å². The van der Waals surface area contributed by atoms with Crippen molar-refractivity contribution in [3.63, 3.8) is 0 Å². The van der Waals surface area contributed by atoms with Gasteiger partial charge in [-0.3, -0.25) is 19.9 Å². The van der Waals surface area contributed by atoms with Crippen molar-refractivity contribution in [2.75, 3.05) is 31.1 Å². The quantitative estimate of drug-likeness (QED) is 0.624. The van der Waals surface area contributed by atoms with Crippen LogP contribution < -0.4 is 4.90 Å². The maximum absolute atomic E-state index is 11.4. The van der Waals surface area contributed by atoms with E-state index in [0.29, 0.717) is 18.5 Å². The maximum Gasteiger partial charge on any atom is 0.278 e. The first-order chi connectivity index (χ1) is 10.6. The Labute approximate surface area is 127 Å². The summed E-state index contributed by atoms with van der Waals surface area (Å²) in [4.78, 5) is 30.1. The van der Waals surface area contributed by atoms with Gasteiger partial charge in [0.25, 0.3) is 5.69 Å². The summed E-state index contributed by atoms with van der Waals surface area (Å²) in [6, 6.07) is 5.11. The van der Waals surface area contributed by atoms with Gasteiger partial charge in [0.1, 0.15) is 0 Å². The van der Waals surface area contributed by atoms with Crippen molar-refractivity contribution in [2.24, 2.45) is 0 Å². The number of hydrogen-bond acceptors (Lipinski definition) is 5. The molecular formula is C15H16N4O3. The van der Waals surface area contributed by atoms with Gasteiger partial charge < -0.3 is 9.80 Å². The molecule has 114 valence electrons. The molecular weight excluding hydrogens is 284 g/mol. The van der Waals surface area contributed by atoms with E-state index in [1.807, 2.05) is 4.90 Å². The minimum absolute atomic E-state index is 0.0641. The number of hydrogen-bond donors (Lipinski definition) is 0. The third-order valence-electron chi connectivity index (χ3n) is 4.03. The van der Waals surface area contributed by atoms with Gasteiger partial charge in [-0.05, 0) is 12.1 Å². The van der Waals surface area contributed by atoms with Gasteiger partial charge >= 0.3 is 0 Å². The Balaban J connectivity index is 1.97. The van der Waals surface area contributed by atoms with Crippen LogP contribution in [0.4, 0.5) is 11.4 Å². The predicted molar refractivity (Wildman–Crippen MR) is 82.9 cm³/mol. The van der Waals surface area contributed by atoms with Gasteiger partial charge in [-0.25, -0.2) is 0 Å². The highest BCUT2D eigenvalue weighted by atomic mass is 16.6. The maximum atomic E-state index is 11.4. The van der Waals surface area contributed by atoms with Crippen molar-refractivity contribution < 1.29 is 9.72 Å². The molecule has 0 bridgehead atoms. The molecule has 2 heterocycles. The molecule has 2 aromatic rings. The van der Waals surface area contributed by atoms with E-state index in [1.165, 1.54) is 12.3 Å². The molecule has 1 aliphatic heterocycles. The number of nitrogens with zero attached hydrogens (tertiary/aromatic N) is 4. The van der Waals surface area contributed by atoms with Crippen molar-refractivity contribution >= 4 is 28.1 Å². The number of pyridine rings is 1.